The van der Waals surface area contributed by atoms with Crippen molar-refractivity contribution in [3.8, 4) is 16.9 Å². The third kappa shape index (κ3) is 1.39. The lowest BCUT2D eigenvalue weighted by Crippen LogP contribution is -2.49. The molecule has 1 heterocycles. The molecule has 0 bridgehead atoms. The van der Waals surface area contributed by atoms with Crippen molar-refractivity contribution in [2.75, 3.05) is 7.11 Å². The predicted molar refractivity (Wildman–Crippen MR) is 80.2 cm³/mol. The van der Waals surface area contributed by atoms with Crippen molar-refractivity contribution >= 4 is 30.0 Å². The van der Waals surface area contributed by atoms with Crippen LogP contribution >= 0.6 is 11.6 Å². The van der Waals surface area contributed by atoms with Gasteiger partial charge in [0.1, 0.15) is 13.8 Å². The SMILES string of the molecule is COc1cccc2c1-c1c(Cl)cccc1[Si]2(C)C. The van der Waals surface area contributed by atoms with E-state index >= 15 is 0 Å². The van der Waals surface area contributed by atoms with Gasteiger partial charge in [0.05, 0.1) is 7.11 Å². The van der Waals surface area contributed by atoms with Crippen molar-refractivity contribution in [3.63, 3.8) is 0 Å². The molecular formula is C15H15ClOSi. The summed E-state index contributed by atoms with van der Waals surface area (Å²) in [4.78, 5) is 0. The molecule has 92 valence electrons. The smallest absolute Gasteiger partial charge is 0.126 e. The fourth-order valence-electron chi connectivity index (χ4n) is 2.92. The van der Waals surface area contributed by atoms with E-state index < -0.39 is 8.07 Å². The Morgan fingerprint density at radius 3 is 2.22 bits per heavy atom. The van der Waals surface area contributed by atoms with Gasteiger partial charge >= 0.3 is 0 Å². The molecule has 0 radical (unpaired) electrons. The monoisotopic (exact) mass is 274 g/mol. The van der Waals surface area contributed by atoms with Gasteiger partial charge in [-0.25, -0.2) is 0 Å². The third-order valence-corrected chi connectivity index (χ3v) is 7.70. The Hall–Kier alpha value is -1.25. The Labute approximate surface area is 113 Å². The molecule has 0 fully saturated rings. The van der Waals surface area contributed by atoms with Crippen molar-refractivity contribution in [2.45, 2.75) is 13.1 Å². The number of methoxy groups -OCH3 is 1. The number of halogens is 1. The predicted octanol–water partition coefficient (Wildman–Crippen LogP) is 3.15. The largest absolute Gasteiger partial charge is 0.496 e. The lowest BCUT2D eigenvalue weighted by molar-refractivity contribution is 0.417. The van der Waals surface area contributed by atoms with Crippen LogP contribution in [0.3, 0.4) is 0 Å². The number of ether oxygens (including phenoxy) is 1. The van der Waals surface area contributed by atoms with Crippen LogP contribution in [0, 0.1) is 0 Å². The first-order valence-corrected chi connectivity index (χ1v) is 9.42. The molecule has 3 heteroatoms. The van der Waals surface area contributed by atoms with Crippen LogP contribution in [0.15, 0.2) is 36.4 Å². The van der Waals surface area contributed by atoms with E-state index in [9.17, 15) is 0 Å². The van der Waals surface area contributed by atoms with E-state index in [1.165, 1.54) is 21.5 Å². The molecule has 0 atom stereocenters. The zero-order chi connectivity index (χ0) is 12.9. The van der Waals surface area contributed by atoms with Gasteiger partial charge in [-0.05, 0) is 22.5 Å². The van der Waals surface area contributed by atoms with Crippen molar-refractivity contribution in [3.05, 3.63) is 41.4 Å². The van der Waals surface area contributed by atoms with E-state index in [1.807, 2.05) is 18.2 Å². The Kier molecular flexibility index (Phi) is 2.54. The van der Waals surface area contributed by atoms with Crippen LogP contribution in [0.1, 0.15) is 0 Å². The van der Waals surface area contributed by atoms with E-state index in [2.05, 4.69) is 31.3 Å². The van der Waals surface area contributed by atoms with E-state index in [0.29, 0.717) is 0 Å². The van der Waals surface area contributed by atoms with E-state index in [1.54, 1.807) is 7.11 Å². The fourth-order valence-corrected chi connectivity index (χ4v) is 6.35. The van der Waals surface area contributed by atoms with Crippen LogP contribution in [0.5, 0.6) is 5.75 Å². The summed E-state index contributed by atoms with van der Waals surface area (Å²) in [7, 11) is 0.0963. The Balaban J connectivity index is 2.45. The van der Waals surface area contributed by atoms with Gasteiger partial charge < -0.3 is 4.74 Å². The molecule has 0 spiro atoms. The minimum absolute atomic E-state index is 0.830. The molecular weight excluding hydrogens is 260 g/mol. The summed E-state index contributed by atoms with van der Waals surface area (Å²) >= 11 is 6.42. The van der Waals surface area contributed by atoms with Crippen LogP contribution in [0.4, 0.5) is 0 Å². The number of benzene rings is 2. The van der Waals surface area contributed by atoms with Gasteiger partial charge in [-0.3, -0.25) is 0 Å². The van der Waals surface area contributed by atoms with Crippen molar-refractivity contribution in [1.29, 1.82) is 0 Å². The molecule has 0 unspecified atom stereocenters. The van der Waals surface area contributed by atoms with Crippen molar-refractivity contribution in [1.82, 2.24) is 0 Å². The van der Waals surface area contributed by atoms with Gasteiger partial charge in [0, 0.05) is 16.1 Å². The molecule has 0 saturated carbocycles. The molecule has 0 aliphatic carbocycles. The molecule has 1 aliphatic rings. The molecule has 1 nitrogen and oxygen atoms in total. The van der Waals surface area contributed by atoms with E-state index in [0.717, 1.165) is 10.8 Å². The van der Waals surface area contributed by atoms with Gasteiger partial charge in [0.15, 0.2) is 0 Å². The summed E-state index contributed by atoms with van der Waals surface area (Å²) in [6, 6.07) is 12.5. The van der Waals surface area contributed by atoms with Crippen LogP contribution in [0.2, 0.25) is 18.1 Å². The van der Waals surface area contributed by atoms with Crippen molar-refractivity contribution < 1.29 is 4.74 Å². The zero-order valence-corrected chi connectivity index (χ0v) is 12.5. The summed E-state index contributed by atoms with van der Waals surface area (Å²) in [6.07, 6.45) is 0. The highest BCUT2D eigenvalue weighted by atomic mass is 35.5. The minimum Gasteiger partial charge on any atom is -0.496 e. The average molecular weight is 275 g/mol. The molecule has 18 heavy (non-hydrogen) atoms. The highest BCUT2D eigenvalue weighted by molar-refractivity contribution is 7.04. The summed E-state index contributed by atoms with van der Waals surface area (Å²) in [5.41, 5.74) is 2.39. The van der Waals surface area contributed by atoms with Gasteiger partial charge in [-0.15, -0.1) is 0 Å². The molecule has 0 amide bonds. The van der Waals surface area contributed by atoms with Crippen LogP contribution in [-0.2, 0) is 0 Å². The fraction of sp³-hybridized carbons (Fsp3) is 0.200. The lowest BCUT2D eigenvalue weighted by Gasteiger charge is -2.18. The molecule has 2 aromatic carbocycles. The second-order valence-corrected chi connectivity index (χ2v) is 9.90. The minimum atomic E-state index is -1.62. The molecule has 2 aromatic rings. The van der Waals surface area contributed by atoms with Gasteiger partial charge in [-0.2, -0.15) is 0 Å². The van der Waals surface area contributed by atoms with Crippen LogP contribution in [0.25, 0.3) is 11.1 Å². The molecule has 0 aromatic heterocycles. The quantitative estimate of drug-likeness (QED) is 0.726. The Morgan fingerprint density at radius 2 is 1.56 bits per heavy atom. The van der Waals surface area contributed by atoms with Crippen molar-refractivity contribution in [2.24, 2.45) is 0 Å². The first kappa shape index (κ1) is 11.8. The highest BCUT2D eigenvalue weighted by Crippen LogP contribution is 2.38. The summed E-state index contributed by atoms with van der Waals surface area (Å²) < 4.78 is 5.53. The van der Waals surface area contributed by atoms with E-state index in [4.69, 9.17) is 16.3 Å². The van der Waals surface area contributed by atoms with Gasteiger partial charge in [0.2, 0.25) is 0 Å². The number of fused-ring (bicyclic) bond motifs is 3. The number of hydrogen-bond donors (Lipinski definition) is 0. The van der Waals surface area contributed by atoms with Gasteiger partial charge in [0.25, 0.3) is 0 Å². The summed E-state index contributed by atoms with van der Waals surface area (Å²) in [5, 5.41) is 3.66. The third-order valence-electron chi connectivity index (χ3n) is 3.86. The average Bonchev–Trinajstić information content (AvgIpc) is 2.60. The van der Waals surface area contributed by atoms with Crippen LogP contribution in [-0.4, -0.2) is 15.2 Å². The molecule has 0 saturated heterocycles. The maximum atomic E-state index is 6.42. The Morgan fingerprint density at radius 1 is 0.944 bits per heavy atom. The maximum absolute atomic E-state index is 6.42. The molecule has 0 N–H and O–H groups in total. The maximum Gasteiger partial charge on any atom is 0.126 e. The normalized spacial score (nSPS) is 15.1. The second kappa shape index (κ2) is 3.87. The number of hydrogen-bond acceptors (Lipinski definition) is 1. The zero-order valence-electron chi connectivity index (χ0n) is 10.8. The molecule has 3 rings (SSSR count). The summed E-state index contributed by atoms with van der Waals surface area (Å²) in [5.74, 6) is 0.930. The standard InChI is InChI=1S/C15H15ClOSi/c1-17-11-7-5-9-13-15(11)14-10(16)6-4-8-12(14)18(13,2)3/h4-9H,1-3H3. The van der Waals surface area contributed by atoms with Gasteiger partial charge in [-0.1, -0.05) is 49.0 Å². The number of rotatable bonds is 1. The van der Waals surface area contributed by atoms with Crippen LogP contribution < -0.4 is 15.1 Å². The van der Waals surface area contributed by atoms with E-state index in [-0.39, 0.29) is 0 Å². The Bertz CT molecular complexity index is 634. The lowest BCUT2D eigenvalue weighted by atomic mass is 10.0. The first-order chi connectivity index (χ1) is 8.57. The molecule has 1 aliphatic heterocycles. The topological polar surface area (TPSA) is 9.23 Å². The second-order valence-electron chi connectivity index (χ2n) is 5.17. The first-order valence-electron chi connectivity index (χ1n) is 6.04. The summed E-state index contributed by atoms with van der Waals surface area (Å²) in [6.45, 7) is 4.74. The highest BCUT2D eigenvalue weighted by Gasteiger charge is 2.39.